The standard InChI is InChI=1S/C21H20N2O4/c1-4-14-6-5-7-16(10-14)22-21(25)15-11-20(24)23(13-15)18-12-17(26-2)8-9-19(18)27-3/h1,5-10,12,15H,11,13H2,2-3H3,(H,22,25). The molecule has 1 atom stereocenters. The minimum Gasteiger partial charge on any atom is -0.497 e. The number of carbonyl (C=O) groups is 2. The topological polar surface area (TPSA) is 67.9 Å². The highest BCUT2D eigenvalue weighted by atomic mass is 16.5. The number of nitrogens with one attached hydrogen (secondary N) is 1. The second kappa shape index (κ2) is 7.83. The zero-order valence-corrected chi connectivity index (χ0v) is 15.2. The molecule has 0 aromatic heterocycles. The lowest BCUT2D eigenvalue weighted by Crippen LogP contribution is -2.28. The maximum atomic E-state index is 12.6. The Bertz CT molecular complexity index is 917. The Kier molecular flexibility index (Phi) is 5.32. The number of ether oxygens (including phenoxy) is 2. The van der Waals surface area contributed by atoms with Crippen LogP contribution in [0.5, 0.6) is 11.5 Å². The molecule has 0 spiro atoms. The van der Waals surface area contributed by atoms with E-state index in [1.54, 1.807) is 54.5 Å². The monoisotopic (exact) mass is 364 g/mol. The fraction of sp³-hybridized carbons (Fsp3) is 0.238. The van der Waals surface area contributed by atoms with Gasteiger partial charge in [0.15, 0.2) is 0 Å². The van der Waals surface area contributed by atoms with Crippen LogP contribution in [0.25, 0.3) is 0 Å². The molecule has 2 aromatic rings. The molecule has 1 aliphatic rings. The Balaban J connectivity index is 1.77. The molecule has 1 fully saturated rings. The molecule has 6 nitrogen and oxygen atoms in total. The van der Waals surface area contributed by atoms with Crippen LogP contribution < -0.4 is 19.7 Å². The Labute approximate surface area is 158 Å². The molecule has 0 bridgehead atoms. The van der Waals surface area contributed by atoms with Crippen LogP contribution >= 0.6 is 0 Å². The van der Waals surface area contributed by atoms with Crippen molar-refractivity contribution < 1.29 is 19.1 Å². The number of nitrogens with zero attached hydrogens (tertiary/aromatic N) is 1. The summed E-state index contributed by atoms with van der Waals surface area (Å²) in [4.78, 5) is 26.7. The van der Waals surface area contributed by atoms with Gasteiger partial charge >= 0.3 is 0 Å². The van der Waals surface area contributed by atoms with E-state index in [4.69, 9.17) is 15.9 Å². The van der Waals surface area contributed by atoms with Crippen LogP contribution in [0.15, 0.2) is 42.5 Å². The number of anilines is 2. The Hall–Kier alpha value is -3.46. The van der Waals surface area contributed by atoms with Gasteiger partial charge in [-0.25, -0.2) is 0 Å². The van der Waals surface area contributed by atoms with E-state index in [9.17, 15) is 9.59 Å². The van der Waals surface area contributed by atoms with Crippen LogP contribution in [0.3, 0.4) is 0 Å². The van der Waals surface area contributed by atoms with Gasteiger partial charge in [-0.1, -0.05) is 12.0 Å². The minimum atomic E-state index is -0.470. The SMILES string of the molecule is C#Cc1cccc(NC(=O)C2CC(=O)N(c3cc(OC)ccc3OC)C2)c1. The molecular weight excluding hydrogens is 344 g/mol. The van der Waals surface area contributed by atoms with Gasteiger partial charge in [-0.15, -0.1) is 6.42 Å². The lowest BCUT2D eigenvalue weighted by molar-refractivity contribution is -0.122. The third-order valence-corrected chi connectivity index (χ3v) is 4.47. The molecular formula is C21H20N2O4. The van der Waals surface area contributed by atoms with Crippen LogP contribution in [-0.4, -0.2) is 32.6 Å². The van der Waals surface area contributed by atoms with Crippen molar-refractivity contribution in [1.29, 1.82) is 0 Å². The van der Waals surface area contributed by atoms with Gasteiger partial charge in [0, 0.05) is 30.3 Å². The van der Waals surface area contributed by atoms with E-state index in [2.05, 4.69) is 11.2 Å². The number of methoxy groups -OCH3 is 2. The molecule has 6 heteroatoms. The normalized spacial score (nSPS) is 16.0. The highest BCUT2D eigenvalue weighted by Crippen LogP contribution is 2.36. The summed E-state index contributed by atoms with van der Waals surface area (Å²) < 4.78 is 10.6. The van der Waals surface area contributed by atoms with E-state index in [1.807, 2.05) is 0 Å². The molecule has 1 N–H and O–H groups in total. The molecule has 27 heavy (non-hydrogen) atoms. The van der Waals surface area contributed by atoms with Gasteiger partial charge < -0.3 is 19.7 Å². The van der Waals surface area contributed by atoms with E-state index < -0.39 is 5.92 Å². The van der Waals surface area contributed by atoms with Crippen molar-refractivity contribution in [2.24, 2.45) is 5.92 Å². The zero-order chi connectivity index (χ0) is 19.4. The van der Waals surface area contributed by atoms with Crippen LogP contribution in [0.1, 0.15) is 12.0 Å². The van der Waals surface area contributed by atoms with Gasteiger partial charge in [0.1, 0.15) is 11.5 Å². The van der Waals surface area contributed by atoms with Gasteiger partial charge in [-0.05, 0) is 30.3 Å². The molecule has 138 valence electrons. The van der Waals surface area contributed by atoms with Crippen molar-refractivity contribution in [2.75, 3.05) is 31.0 Å². The van der Waals surface area contributed by atoms with Gasteiger partial charge in [0.25, 0.3) is 0 Å². The van der Waals surface area contributed by atoms with Crippen LogP contribution in [0.4, 0.5) is 11.4 Å². The summed E-state index contributed by atoms with van der Waals surface area (Å²) in [5.41, 5.74) is 1.88. The van der Waals surface area contributed by atoms with E-state index in [-0.39, 0.29) is 24.8 Å². The minimum absolute atomic E-state index is 0.126. The summed E-state index contributed by atoms with van der Waals surface area (Å²) in [5.74, 6) is 2.86. The summed E-state index contributed by atoms with van der Waals surface area (Å²) in [7, 11) is 3.09. The van der Waals surface area contributed by atoms with E-state index in [0.29, 0.717) is 28.4 Å². The van der Waals surface area contributed by atoms with Crippen molar-refractivity contribution in [2.45, 2.75) is 6.42 Å². The molecule has 1 unspecified atom stereocenters. The van der Waals surface area contributed by atoms with Gasteiger partial charge in [-0.2, -0.15) is 0 Å². The fourth-order valence-electron chi connectivity index (χ4n) is 3.05. The second-order valence-corrected chi connectivity index (χ2v) is 6.16. The van der Waals surface area contributed by atoms with Crippen LogP contribution in [0.2, 0.25) is 0 Å². The molecule has 1 saturated heterocycles. The smallest absolute Gasteiger partial charge is 0.229 e. The molecule has 3 rings (SSSR count). The summed E-state index contributed by atoms with van der Waals surface area (Å²) in [6, 6.07) is 12.3. The lowest BCUT2D eigenvalue weighted by Gasteiger charge is -2.20. The largest absolute Gasteiger partial charge is 0.497 e. The van der Waals surface area contributed by atoms with Crippen LogP contribution in [0, 0.1) is 18.3 Å². The van der Waals surface area contributed by atoms with Gasteiger partial charge in [-0.3, -0.25) is 9.59 Å². The summed E-state index contributed by atoms with van der Waals surface area (Å²) >= 11 is 0. The third-order valence-electron chi connectivity index (χ3n) is 4.47. The van der Waals surface area contributed by atoms with Crippen molar-refractivity contribution in [3.8, 4) is 23.8 Å². The third kappa shape index (κ3) is 3.87. The number of rotatable bonds is 5. The predicted molar refractivity (Wildman–Crippen MR) is 103 cm³/mol. The van der Waals surface area contributed by atoms with Crippen molar-refractivity contribution >= 4 is 23.2 Å². The Morgan fingerprint density at radius 1 is 1.22 bits per heavy atom. The summed E-state index contributed by atoms with van der Waals surface area (Å²) in [6.07, 6.45) is 5.51. The molecule has 2 aromatic carbocycles. The van der Waals surface area contributed by atoms with Gasteiger partial charge in [0.2, 0.25) is 11.8 Å². The highest BCUT2D eigenvalue weighted by Gasteiger charge is 2.36. The lowest BCUT2D eigenvalue weighted by atomic mass is 10.1. The van der Waals surface area contributed by atoms with E-state index in [1.165, 1.54) is 7.11 Å². The molecule has 1 heterocycles. The first-order valence-corrected chi connectivity index (χ1v) is 8.45. The second-order valence-electron chi connectivity index (χ2n) is 6.16. The number of terminal acetylenes is 1. The van der Waals surface area contributed by atoms with Crippen molar-refractivity contribution in [3.05, 3.63) is 48.0 Å². The number of hydrogen-bond donors (Lipinski definition) is 1. The first kappa shape index (κ1) is 18.3. The van der Waals surface area contributed by atoms with Crippen LogP contribution in [-0.2, 0) is 9.59 Å². The van der Waals surface area contributed by atoms with Gasteiger partial charge in [0.05, 0.1) is 25.8 Å². The van der Waals surface area contributed by atoms with Crippen molar-refractivity contribution in [1.82, 2.24) is 0 Å². The molecule has 0 radical (unpaired) electrons. The Morgan fingerprint density at radius 3 is 2.74 bits per heavy atom. The summed E-state index contributed by atoms with van der Waals surface area (Å²) in [6.45, 7) is 0.267. The van der Waals surface area contributed by atoms with E-state index in [0.717, 1.165) is 0 Å². The maximum absolute atomic E-state index is 12.6. The zero-order valence-electron chi connectivity index (χ0n) is 15.2. The molecule has 2 amide bonds. The Morgan fingerprint density at radius 2 is 2.04 bits per heavy atom. The maximum Gasteiger partial charge on any atom is 0.229 e. The average Bonchev–Trinajstić information content (AvgIpc) is 3.09. The number of amides is 2. The number of benzene rings is 2. The van der Waals surface area contributed by atoms with E-state index >= 15 is 0 Å². The fourth-order valence-corrected chi connectivity index (χ4v) is 3.05. The molecule has 0 saturated carbocycles. The first-order valence-electron chi connectivity index (χ1n) is 8.45. The highest BCUT2D eigenvalue weighted by molar-refractivity contribution is 6.04. The predicted octanol–water partition coefficient (Wildman–Crippen LogP) is 2.68. The summed E-state index contributed by atoms with van der Waals surface area (Å²) in [5, 5.41) is 2.83. The molecule has 0 aliphatic carbocycles. The number of hydrogen-bond acceptors (Lipinski definition) is 4. The quantitative estimate of drug-likeness (QED) is 0.829. The van der Waals surface area contributed by atoms with Crippen molar-refractivity contribution in [3.63, 3.8) is 0 Å². The number of carbonyl (C=O) groups excluding carboxylic acids is 2. The average molecular weight is 364 g/mol. The first-order chi connectivity index (χ1) is 13.0. The molecule has 1 aliphatic heterocycles.